The summed E-state index contributed by atoms with van der Waals surface area (Å²) in [5, 5.41) is 0. The van der Waals surface area contributed by atoms with Crippen LogP contribution in [0, 0.1) is 0 Å². The summed E-state index contributed by atoms with van der Waals surface area (Å²) in [4.78, 5) is 38.5. The molecule has 464 valence electrons. The first-order chi connectivity index (χ1) is 39.5. The maximum absolute atomic E-state index is 13.0. The molecule has 1 unspecified atom stereocenters. The van der Waals surface area contributed by atoms with Gasteiger partial charge in [0.25, 0.3) is 0 Å². The molecule has 0 spiro atoms. The van der Waals surface area contributed by atoms with Crippen molar-refractivity contribution in [3.05, 3.63) is 72.9 Å². The third-order valence-corrected chi connectivity index (χ3v) is 15.4. The minimum absolute atomic E-state index is 0.0785. The normalized spacial score (nSPS) is 12.5. The van der Waals surface area contributed by atoms with Gasteiger partial charge in [-0.1, -0.05) is 299 Å². The molecule has 0 rings (SSSR count). The number of carbonyl (C=O) groups excluding carboxylic acids is 3. The minimum atomic E-state index is -0.783. The van der Waals surface area contributed by atoms with E-state index in [9.17, 15) is 14.4 Å². The molecule has 0 aliphatic rings. The summed E-state index contributed by atoms with van der Waals surface area (Å²) in [6, 6.07) is 0. The van der Waals surface area contributed by atoms with Crippen LogP contribution in [0.25, 0.3) is 0 Å². The van der Waals surface area contributed by atoms with E-state index in [1.807, 2.05) is 0 Å². The number of unbranched alkanes of at least 4 members (excludes halogenated alkanes) is 41. The van der Waals surface area contributed by atoms with Crippen molar-refractivity contribution in [2.75, 3.05) is 13.2 Å². The number of hydrogen-bond acceptors (Lipinski definition) is 6. The Kier molecular flexibility index (Phi) is 65.7. The summed E-state index contributed by atoms with van der Waals surface area (Å²) < 4.78 is 17.0. The van der Waals surface area contributed by atoms with Crippen LogP contribution in [0.3, 0.4) is 0 Å². The van der Waals surface area contributed by atoms with Gasteiger partial charge in [-0.15, -0.1) is 0 Å². The van der Waals surface area contributed by atoms with Crippen molar-refractivity contribution in [2.45, 2.75) is 367 Å². The third kappa shape index (κ3) is 65.7. The first kappa shape index (κ1) is 76.9. The zero-order valence-electron chi connectivity index (χ0n) is 53.3. The van der Waals surface area contributed by atoms with Gasteiger partial charge in [0.2, 0.25) is 0 Å². The van der Waals surface area contributed by atoms with Gasteiger partial charge in [0, 0.05) is 19.3 Å². The monoisotopic (exact) mass is 1120 g/mol. The first-order valence-corrected chi connectivity index (χ1v) is 34.9. The lowest BCUT2D eigenvalue weighted by molar-refractivity contribution is -0.167. The Morgan fingerprint density at radius 2 is 0.450 bits per heavy atom. The highest BCUT2D eigenvalue weighted by Crippen LogP contribution is 2.17. The summed E-state index contributed by atoms with van der Waals surface area (Å²) in [6.07, 6.45) is 89.1. The molecule has 6 heteroatoms. The quantitative estimate of drug-likeness (QED) is 0.0261. The van der Waals surface area contributed by atoms with E-state index in [2.05, 4.69) is 93.7 Å². The Hall–Kier alpha value is -3.15. The van der Waals surface area contributed by atoms with Gasteiger partial charge in [0.15, 0.2) is 6.10 Å². The molecule has 0 heterocycles. The van der Waals surface area contributed by atoms with Crippen molar-refractivity contribution in [1.29, 1.82) is 0 Å². The number of hydrogen-bond donors (Lipinski definition) is 0. The van der Waals surface area contributed by atoms with Crippen LogP contribution in [0.15, 0.2) is 72.9 Å². The Morgan fingerprint density at radius 3 is 0.738 bits per heavy atom. The second kappa shape index (κ2) is 68.3. The largest absolute Gasteiger partial charge is 0.462 e. The summed E-state index contributed by atoms with van der Waals surface area (Å²) >= 11 is 0. The van der Waals surface area contributed by atoms with Gasteiger partial charge >= 0.3 is 17.9 Å². The van der Waals surface area contributed by atoms with Crippen LogP contribution in [0.1, 0.15) is 361 Å². The Balaban J connectivity index is 4.35. The van der Waals surface area contributed by atoms with Crippen molar-refractivity contribution >= 4 is 17.9 Å². The van der Waals surface area contributed by atoms with Gasteiger partial charge in [0.05, 0.1) is 0 Å². The van der Waals surface area contributed by atoms with E-state index in [0.29, 0.717) is 19.3 Å². The van der Waals surface area contributed by atoms with Gasteiger partial charge in [-0.25, -0.2) is 0 Å². The molecule has 1 atom stereocenters. The number of ether oxygens (including phenoxy) is 3. The van der Waals surface area contributed by atoms with Crippen LogP contribution < -0.4 is 0 Å². The van der Waals surface area contributed by atoms with Crippen LogP contribution >= 0.6 is 0 Å². The fourth-order valence-electron chi connectivity index (χ4n) is 10.1. The van der Waals surface area contributed by atoms with Gasteiger partial charge < -0.3 is 14.2 Å². The third-order valence-electron chi connectivity index (χ3n) is 15.4. The zero-order valence-corrected chi connectivity index (χ0v) is 53.3. The highest BCUT2D eigenvalue weighted by Gasteiger charge is 2.19. The maximum atomic E-state index is 13.0. The van der Waals surface area contributed by atoms with Crippen LogP contribution in [-0.2, 0) is 28.6 Å². The van der Waals surface area contributed by atoms with Crippen LogP contribution in [0.4, 0.5) is 0 Å². The average Bonchev–Trinajstić information content (AvgIpc) is 3.46. The molecule has 0 radical (unpaired) electrons. The first-order valence-electron chi connectivity index (χ1n) is 34.9. The average molecular weight is 1120 g/mol. The van der Waals surface area contributed by atoms with Gasteiger partial charge in [-0.3, -0.25) is 14.4 Å². The minimum Gasteiger partial charge on any atom is -0.462 e. The number of allylic oxidation sites excluding steroid dienone is 12. The second-order valence-electron chi connectivity index (χ2n) is 23.4. The summed E-state index contributed by atoms with van der Waals surface area (Å²) in [5.74, 6) is -0.871. The molecule has 0 saturated carbocycles. The Labute approximate surface area is 497 Å². The smallest absolute Gasteiger partial charge is 0.306 e. The predicted octanol–water partition coefficient (Wildman–Crippen LogP) is 24.1. The molecule has 0 amide bonds. The molecule has 6 nitrogen and oxygen atoms in total. The molecule has 80 heavy (non-hydrogen) atoms. The highest BCUT2D eigenvalue weighted by molar-refractivity contribution is 5.71. The fraction of sp³-hybridized carbons (Fsp3) is 0.797. The van der Waals surface area contributed by atoms with E-state index in [1.165, 1.54) is 244 Å². The molecule has 0 aromatic carbocycles. The Morgan fingerprint density at radius 1 is 0.250 bits per heavy atom. The molecular formula is C74H132O6. The predicted molar refractivity (Wildman–Crippen MR) is 348 cm³/mol. The molecule has 0 aliphatic carbocycles. The van der Waals surface area contributed by atoms with Gasteiger partial charge in [-0.05, 0) is 116 Å². The fourth-order valence-corrected chi connectivity index (χ4v) is 10.1. The van der Waals surface area contributed by atoms with Crippen LogP contribution in [-0.4, -0.2) is 37.2 Å². The number of rotatable bonds is 64. The number of esters is 3. The van der Waals surface area contributed by atoms with Gasteiger partial charge in [0.1, 0.15) is 13.2 Å². The van der Waals surface area contributed by atoms with Crippen molar-refractivity contribution in [3.63, 3.8) is 0 Å². The van der Waals surface area contributed by atoms with E-state index < -0.39 is 6.10 Å². The zero-order chi connectivity index (χ0) is 57.8. The number of carbonyl (C=O) groups is 3. The molecule has 0 aromatic heterocycles. The molecule has 0 saturated heterocycles. The molecule has 0 aromatic rings. The molecule has 0 N–H and O–H groups in total. The van der Waals surface area contributed by atoms with Crippen molar-refractivity contribution < 1.29 is 28.6 Å². The standard InChI is InChI=1S/C74H132O6/c1-4-7-10-13-16-19-22-25-28-31-34-35-36-37-38-39-41-43-46-49-52-55-58-61-64-67-73(76)79-70-71(69-78-72(75)66-63-60-57-54-51-48-45-42-33-30-27-24-21-18-15-12-9-6-3)80-74(77)68-65-62-59-56-53-50-47-44-40-32-29-26-23-20-17-14-11-8-5-2/h17,20,22,25-26,29-31,33-34,36-37,71H,4-16,18-19,21,23-24,27-28,32,35,38-70H2,1-3H3/b20-17-,25-22-,29-26-,33-30-,34-31-,37-36-. The SMILES string of the molecule is CCCCC/C=C\C/C=C\CCCCCCCCCCCC(=O)OC(COC(=O)CCCCCCCCC/C=C\CCCCCCCCC)COC(=O)CCCCCCCCCCCC/C=C\C/C=C\C/C=C\CCCCCCC. The molecule has 0 bridgehead atoms. The van der Waals surface area contributed by atoms with Crippen LogP contribution in [0.5, 0.6) is 0 Å². The lowest BCUT2D eigenvalue weighted by atomic mass is 10.0. The second-order valence-corrected chi connectivity index (χ2v) is 23.4. The van der Waals surface area contributed by atoms with Crippen molar-refractivity contribution in [2.24, 2.45) is 0 Å². The maximum Gasteiger partial charge on any atom is 0.306 e. The van der Waals surface area contributed by atoms with Gasteiger partial charge in [-0.2, -0.15) is 0 Å². The molecular weight excluding hydrogens is 985 g/mol. The molecule has 0 aliphatic heterocycles. The topological polar surface area (TPSA) is 78.9 Å². The van der Waals surface area contributed by atoms with E-state index >= 15 is 0 Å². The Bertz CT molecular complexity index is 1470. The van der Waals surface area contributed by atoms with E-state index in [0.717, 1.165) is 77.0 Å². The van der Waals surface area contributed by atoms with Crippen molar-refractivity contribution in [1.82, 2.24) is 0 Å². The lowest BCUT2D eigenvalue weighted by Crippen LogP contribution is -2.30. The summed E-state index contributed by atoms with van der Waals surface area (Å²) in [5.41, 5.74) is 0. The highest BCUT2D eigenvalue weighted by atomic mass is 16.6. The van der Waals surface area contributed by atoms with E-state index in [-0.39, 0.29) is 31.1 Å². The van der Waals surface area contributed by atoms with E-state index in [1.54, 1.807) is 0 Å². The lowest BCUT2D eigenvalue weighted by Gasteiger charge is -2.18. The summed E-state index contributed by atoms with van der Waals surface area (Å²) in [6.45, 7) is 6.64. The van der Waals surface area contributed by atoms with Crippen LogP contribution in [0.2, 0.25) is 0 Å². The molecule has 0 fully saturated rings. The van der Waals surface area contributed by atoms with E-state index in [4.69, 9.17) is 14.2 Å². The summed E-state index contributed by atoms with van der Waals surface area (Å²) in [7, 11) is 0. The van der Waals surface area contributed by atoms with Crippen molar-refractivity contribution in [3.8, 4) is 0 Å².